The molecule has 4 aliphatic rings. The van der Waals surface area contributed by atoms with Crippen molar-refractivity contribution in [1.29, 1.82) is 0 Å². The average molecular weight is 1410 g/mol. The third-order valence-corrected chi connectivity index (χ3v) is 20.5. The minimum Gasteiger partial charge on any atom is -0.481 e. The molecule has 4 aliphatic heterocycles. The highest BCUT2D eigenvalue weighted by Crippen LogP contribution is 2.48. The van der Waals surface area contributed by atoms with E-state index < -0.39 is 70.8 Å². The zero-order chi connectivity index (χ0) is 74.0. The molecule has 542 valence electrons. The molecule has 0 saturated carbocycles. The molecule has 0 radical (unpaired) electrons. The van der Waals surface area contributed by atoms with E-state index in [-0.39, 0.29) is 88.0 Å². The van der Waals surface area contributed by atoms with Crippen LogP contribution >= 0.6 is 0 Å². The number of hydrogen-bond acceptors (Lipinski definition) is 10. The number of nitrogens with zero attached hydrogens (tertiary/aromatic N) is 3. The number of unbranched alkanes of at least 4 members (excludes halogenated alkanes) is 2. The standard InChI is InChI=1S/C84H95N9O11/c1-82(2)65-26-16-18-28-69(65)91(5)71(82)30-11-7-12-31-72-83(3,4)66-27-17-19-29-70(66)93(72)49-20-8-13-32-73(94)86-46-47-87-79(102)67-43-45-85-74(95)41-42-76(97)92-48-21-44-84(56-92,54-58-22-9-6-10-23-58)81(104)90-68(80(103)88-55-63-25-15-14-24-62(63)51-75(96)89-67)50-57-33-35-59(36-34-57)60-37-39-61(40-38-60)64(52-77(98)99)53-78(100)101/h6-7,9-12,14-19,22-31,33-42,64,67-68H,8,13,20-21,32,43-56H2,1-5H3,(H7-,85,86,87,88,89,90,94,95,96,98,99,100,101,102,103,104)/p+1/b42-41+/t67-,68-,84-/m0/s1. The topological polar surface area (TPSA) is 276 Å². The van der Waals surface area contributed by atoms with E-state index >= 15 is 4.79 Å². The molecule has 20 nitrogen and oxygen atoms in total. The Hall–Kier alpha value is -11.0. The molecule has 0 spiro atoms. The normalized spacial score (nSPS) is 20.0. The van der Waals surface area contributed by atoms with Crippen LogP contribution in [0.3, 0.4) is 0 Å². The van der Waals surface area contributed by atoms with E-state index in [9.17, 15) is 48.6 Å². The second kappa shape index (κ2) is 34.8. The highest BCUT2D eigenvalue weighted by Gasteiger charge is 2.46. The van der Waals surface area contributed by atoms with Gasteiger partial charge in [-0.3, -0.25) is 43.2 Å². The molecule has 7 amide bonds. The van der Waals surface area contributed by atoms with Crippen LogP contribution < -0.4 is 36.8 Å². The number of nitrogens with one attached hydrogen (secondary N) is 6. The first kappa shape index (κ1) is 75.6. The number of carboxylic acid groups (broad SMARTS) is 2. The molecular weight excluding hydrogens is 1310 g/mol. The first-order chi connectivity index (χ1) is 50.0. The van der Waals surface area contributed by atoms with E-state index in [1.807, 2.05) is 54.6 Å². The van der Waals surface area contributed by atoms with Crippen LogP contribution in [0, 0.1) is 5.41 Å². The Bertz CT molecular complexity index is 4290. The third kappa shape index (κ3) is 19.2. The van der Waals surface area contributed by atoms with Crippen molar-refractivity contribution < 1.29 is 57.9 Å². The number of hydrogen-bond donors (Lipinski definition) is 8. The zero-order valence-electron chi connectivity index (χ0n) is 60.1. The lowest BCUT2D eigenvalue weighted by molar-refractivity contribution is -0.401. The van der Waals surface area contributed by atoms with Gasteiger partial charge < -0.3 is 51.9 Å². The van der Waals surface area contributed by atoms with Crippen LogP contribution in [-0.4, -0.2) is 137 Å². The van der Waals surface area contributed by atoms with Crippen molar-refractivity contribution >= 4 is 70.4 Å². The number of carbonyl (C=O) groups is 9. The van der Waals surface area contributed by atoms with Crippen molar-refractivity contribution in [3.8, 4) is 11.1 Å². The summed E-state index contributed by atoms with van der Waals surface area (Å²) in [5.74, 6) is -6.19. The lowest BCUT2D eigenvalue weighted by Gasteiger charge is -2.42. The number of piperidine rings is 1. The highest BCUT2D eigenvalue weighted by atomic mass is 16.4. The molecule has 6 aromatic rings. The van der Waals surface area contributed by atoms with Gasteiger partial charge in [0.2, 0.25) is 47.0 Å². The minimum atomic E-state index is -1.20. The number of amides is 7. The van der Waals surface area contributed by atoms with Crippen LogP contribution in [0.5, 0.6) is 0 Å². The summed E-state index contributed by atoms with van der Waals surface area (Å²) in [6, 6.07) is 45.7. The Kier molecular flexibility index (Phi) is 25.3. The number of carbonyl (C=O) groups excluding carboxylic acids is 7. The SMILES string of the molecule is C[N+]1=C(/C=C/C=C/C=C2\N(CCCCCC(=O)NCCNC(=O)[C@@H]3CCNC(=O)/C=C/C(=O)N4CCC[C@](Cc5ccccc5)(C4)C(=O)N[C@@H](Cc4ccc(-c5ccc(C(CC(=O)O)CC(=O)O)cc5)cc4)C(=O)NCc4ccccc4CC(=O)N3)c3ccccc3C2(C)C)C(C)(C)c2ccccc21. The van der Waals surface area contributed by atoms with Gasteiger partial charge in [-0.25, -0.2) is 0 Å². The van der Waals surface area contributed by atoms with Gasteiger partial charge in [-0.15, -0.1) is 0 Å². The highest BCUT2D eigenvalue weighted by molar-refractivity contribution is 6.03. The van der Waals surface area contributed by atoms with Crippen LogP contribution in [0.15, 0.2) is 200 Å². The summed E-state index contributed by atoms with van der Waals surface area (Å²) < 4.78 is 2.27. The van der Waals surface area contributed by atoms with Gasteiger partial charge in [0.15, 0.2) is 5.71 Å². The molecule has 8 N–H and O–H groups in total. The summed E-state index contributed by atoms with van der Waals surface area (Å²) in [6.07, 6.45) is 15.9. The maximum absolute atomic E-state index is 15.2. The lowest BCUT2D eigenvalue weighted by atomic mass is 9.74. The number of aliphatic carboxylic acids is 2. The van der Waals surface area contributed by atoms with E-state index in [1.54, 1.807) is 48.5 Å². The summed E-state index contributed by atoms with van der Waals surface area (Å²) in [4.78, 5) is 126. The number of allylic oxidation sites excluding steroid dienone is 6. The van der Waals surface area contributed by atoms with Gasteiger partial charge in [0.25, 0.3) is 0 Å². The fraction of sp³-hybridized carbons (Fsp3) is 0.357. The molecule has 6 aromatic carbocycles. The second-order valence-electron chi connectivity index (χ2n) is 28.6. The minimum absolute atomic E-state index is 0.0131. The molecule has 1 fully saturated rings. The van der Waals surface area contributed by atoms with Crippen molar-refractivity contribution in [1.82, 2.24) is 36.8 Å². The van der Waals surface area contributed by atoms with Gasteiger partial charge in [-0.1, -0.05) is 178 Å². The van der Waals surface area contributed by atoms with Crippen molar-refractivity contribution in [2.75, 3.05) is 51.2 Å². The van der Waals surface area contributed by atoms with Crippen LogP contribution in [0.4, 0.5) is 11.4 Å². The number of anilines is 1. The largest absolute Gasteiger partial charge is 0.481 e. The number of rotatable bonds is 23. The van der Waals surface area contributed by atoms with Crippen molar-refractivity contribution in [2.24, 2.45) is 5.41 Å². The molecule has 10 rings (SSSR count). The molecule has 0 aromatic heterocycles. The van der Waals surface area contributed by atoms with E-state index in [4.69, 9.17) is 0 Å². The number of benzene rings is 6. The quantitative estimate of drug-likeness (QED) is 0.0169. The molecule has 0 aliphatic carbocycles. The molecule has 104 heavy (non-hydrogen) atoms. The predicted octanol–water partition coefficient (Wildman–Crippen LogP) is 9.98. The molecule has 0 unspecified atom stereocenters. The Morgan fingerprint density at radius 3 is 2.06 bits per heavy atom. The maximum Gasteiger partial charge on any atom is 0.303 e. The van der Waals surface area contributed by atoms with Gasteiger partial charge in [0.1, 0.15) is 19.1 Å². The average Bonchev–Trinajstić information content (AvgIpc) is 1.60. The Balaban J connectivity index is 0.768. The summed E-state index contributed by atoms with van der Waals surface area (Å²) in [5, 5.41) is 36.4. The van der Waals surface area contributed by atoms with E-state index in [2.05, 4.69) is 155 Å². The number of carboxylic acids is 2. The Morgan fingerprint density at radius 2 is 1.34 bits per heavy atom. The smallest absolute Gasteiger partial charge is 0.303 e. The van der Waals surface area contributed by atoms with E-state index in [0.717, 1.165) is 48.2 Å². The summed E-state index contributed by atoms with van der Waals surface area (Å²) in [6.45, 7) is 10.2. The van der Waals surface area contributed by atoms with Gasteiger partial charge in [0, 0.05) is 111 Å². The fourth-order valence-corrected chi connectivity index (χ4v) is 14.9. The van der Waals surface area contributed by atoms with Crippen molar-refractivity contribution in [3.05, 3.63) is 239 Å². The van der Waals surface area contributed by atoms with Gasteiger partial charge in [-0.05, 0) is 109 Å². The number of para-hydroxylation sites is 2. The lowest BCUT2D eigenvalue weighted by Crippen LogP contribution is -2.58. The third-order valence-electron chi connectivity index (χ3n) is 20.5. The Morgan fingerprint density at radius 1 is 0.673 bits per heavy atom. The number of fused-ring (bicyclic) bond motifs is 5. The fourth-order valence-electron chi connectivity index (χ4n) is 14.9. The molecule has 1 saturated heterocycles. The van der Waals surface area contributed by atoms with E-state index in [1.165, 1.54) is 38.8 Å². The summed E-state index contributed by atoms with van der Waals surface area (Å²) >= 11 is 0. The maximum atomic E-state index is 15.2. The van der Waals surface area contributed by atoms with Crippen molar-refractivity contribution in [3.63, 3.8) is 0 Å². The van der Waals surface area contributed by atoms with Crippen LogP contribution in [0.1, 0.15) is 130 Å². The van der Waals surface area contributed by atoms with Gasteiger partial charge >= 0.3 is 11.9 Å². The molecule has 3 atom stereocenters. The van der Waals surface area contributed by atoms with Crippen LogP contribution in [0.2, 0.25) is 0 Å². The van der Waals surface area contributed by atoms with Crippen LogP contribution in [0.25, 0.3) is 11.1 Å². The predicted molar refractivity (Wildman–Crippen MR) is 402 cm³/mol. The first-order valence-electron chi connectivity index (χ1n) is 36.0. The van der Waals surface area contributed by atoms with Crippen LogP contribution in [-0.2, 0) is 79.8 Å². The van der Waals surface area contributed by atoms with Gasteiger partial charge in [0.05, 0.1) is 30.1 Å². The molecular formula is C84H96N9O11+. The zero-order valence-corrected chi connectivity index (χ0v) is 60.1. The summed E-state index contributed by atoms with van der Waals surface area (Å²) in [5.41, 5.74) is 10.8. The molecule has 20 heteroatoms. The first-order valence-corrected chi connectivity index (χ1v) is 36.0. The Labute approximate surface area is 608 Å². The van der Waals surface area contributed by atoms with Gasteiger partial charge in [-0.2, -0.15) is 4.58 Å². The van der Waals surface area contributed by atoms with Crippen molar-refractivity contribution in [2.45, 2.75) is 140 Å². The monoisotopic (exact) mass is 1410 g/mol. The molecule has 2 bridgehead atoms. The molecule has 4 heterocycles. The van der Waals surface area contributed by atoms with E-state index in [0.29, 0.717) is 54.5 Å². The summed E-state index contributed by atoms with van der Waals surface area (Å²) in [7, 11) is 2.12. The second-order valence-corrected chi connectivity index (χ2v) is 28.6.